The van der Waals surface area contributed by atoms with Crippen LogP contribution in [0.2, 0.25) is 5.02 Å². The maximum absolute atomic E-state index is 6.12. The molecule has 2 N–H and O–H groups in total. The van der Waals surface area contributed by atoms with Crippen LogP contribution in [-0.2, 0) is 11.3 Å². The molecule has 0 spiro atoms. The average Bonchev–Trinajstić information content (AvgIpc) is 2.23. The summed E-state index contributed by atoms with van der Waals surface area (Å²) in [6.45, 7) is 8.93. The molecule has 3 nitrogen and oxygen atoms in total. The Bertz CT molecular complexity index is 426. The summed E-state index contributed by atoms with van der Waals surface area (Å²) in [6.07, 6.45) is 0.547. The van der Waals surface area contributed by atoms with Gasteiger partial charge in [-0.05, 0) is 44.0 Å². The molecule has 1 aromatic rings. The fraction of sp³-hybridized carbons (Fsp3) is 0.571. The highest BCUT2D eigenvalue weighted by Crippen LogP contribution is 2.25. The Morgan fingerprint density at radius 2 is 1.94 bits per heavy atom. The molecule has 0 amide bonds. The Balaban J connectivity index is 2.14. The van der Waals surface area contributed by atoms with Crippen molar-refractivity contribution >= 4 is 17.3 Å². The zero-order valence-electron chi connectivity index (χ0n) is 11.2. The molecule has 100 valence electrons. The SMILES string of the molecule is Cc1cc(Cl)cc(CN2CC(C)OC(C)C2)c1N. The van der Waals surface area contributed by atoms with Crippen LogP contribution in [0.3, 0.4) is 0 Å². The summed E-state index contributed by atoms with van der Waals surface area (Å²) in [5.41, 5.74) is 9.13. The molecule has 0 bridgehead atoms. The van der Waals surface area contributed by atoms with Gasteiger partial charge in [-0.1, -0.05) is 11.6 Å². The van der Waals surface area contributed by atoms with E-state index in [2.05, 4.69) is 18.7 Å². The summed E-state index contributed by atoms with van der Waals surface area (Å²) in [4.78, 5) is 2.38. The molecular weight excluding hydrogens is 248 g/mol. The maximum Gasteiger partial charge on any atom is 0.0678 e. The van der Waals surface area contributed by atoms with Crippen LogP contribution in [0.15, 0.2) is 12.1 Å². The first-order valence-corrected chi connectivity index (χ1v) is 6.76. The van der Waals surface area contributed by atoms with Gasteiger partial charge in [-0.15, -0.1) is 0 Å². The smallest absolute Gasteiger partial charge is 0.0678 e. The van der Waals surface area contributed by atoms with E-state index >= 15 is 0 Å². The predicted octanol–water partition coefficient (Wildman–Crippen LogP) is 2.84. The zero-order valence-corrected chi connectivity index (χ0v) is 12.0. The van der Waals surface area contributed by atoms with Crippen LogP contribution in [0, 0.1) is 6.92 Å². The lowest BCUT2D eigenvalue weighted by molar-refractivity contribution is -0.0704. The zero-order chi connectivity index (χ0) is 13.3. The van der Waals surface area contributed by atoms with E-state index in [0.717, 1.165) is 41.5 Å². The molecule has 4 heteroatoms. The first-order valence-electron chi connectivity index (χ1n) is 6.38. The van der Waals surface area contributed by atoms with Gasteiger partial charge in [0.05, 0.1) is 12.2 Å². The Morgan fingerprint density at radius 3 is 2.56 bits per heavy atom. The minimum Gasteiger partial charge on any atom is -0.398 e. The molecule has 0 aliphatic carbocycles. The van der Waals surface area contributed by atoms with Gasteiger partial charge < -0.3 is 10.5 Å². The Labute approximate surface area is 114 Å². The number of ether oxygens (including phenoxy) is 1. The number of nitrogens with two attached hydrogens (primary N) is 1. The molecule has 0 aromatic heterocycles. The summed E-state index contributed by atoms with van der Waals surface area (Å²) in [6, 6.07) is 3.87. The molecule has 1 heterocycles. The van der Waals surface area contributed by atoms with Gasteiger partial charge in [0.25, 0.3) is 0 Å². The third kappa shape index (κ3) is 3.16. The number of nitrogen functional groups attached to an aromatic ring is 1. The molecule has 1 aliphatic rings. The van der Waals surface area contributed by atoms with E-state index in [1.807, 2.05) is 19.1 Å². The van der Waals surface area contributed by atoms with Crippen LogP contribution >= 0.6 is 11.6 Å². The van der Waals surface area contributed by atoms with Crippen molar-refractivity contribution in [1.82, 2.24) is 4.90 Å². The second-order valence-electron chi connectivity index (χ2n) is 5.25. The van der Waals surface area contributed by atoms with Crippen molar-refractivity contribution in [2.45, 2.75) is 39.5 Å². The van der Waals surface area contributed by atoms with Gasteiger partial charge in [-0.25, -0.2) is 0 Å². The highest BCUT2D eigenvalue weighted by molar-refractivity contribution is 6.30. The number of rotatable bonds is 2. The van der Waals surface area contributed by atoms with Crippen molar-refractivity contribution in [1.29, 1.82) is 0 Å². The molecule has 0 saturated carbocycles. The molecular formula is C14H21ClN2O. The van der Waals surface area contributed by atoms with Crippen LogP contribution in [0.1, 0.15) is 25.0 Å². The van der Waals surface area contributed by atoms with Crippen LogP contribution < -0.4 is 5.73 Å². The van der Waals surface area contributed by atoms with Crippen molar-refractivity contribution in [3.63, 3.8) is 0 Å². The van der Waals surface area contributed by atoms with E-state index in [-0.39, 0.29) is 12.2 Å². The lowest BCUT2D eigenvalue weighted by atomic mass is 10.1. The highest BCUT2D eigenvalue weighted by atomic mass is 35.5. The van der Waals surface area contributed by atoms with Gasteiger partial charge in [-0.3, -0.25) is 4.90 Å². The van der Waals surface area contributed by atoms with Gasteiger partial charge in [0.2, 0.25) is 0 Å². The molecule has 1 fully saturated rings. The van der Waals surface area contributed by atoms with Crippen molar-refractivity contribution in [2.24, 2.45) is 0 Å². The van der Waals surface area contributed by atoms with E-state index in [4.69, 9.17) is 22.1 Å². The van der Waals surface area contributed by atoms with E-state index in [1.54, 1.807) is 0 Å². The maximum atomic E-state index is 6.12. The molecule has 1 saturated heterocycles. The predicted molar refractivity (Wildman–Crippen MR) is 75.9 cm³/mol. The number of halogens is 1. The first-order chi connectivity index (χ1) is 8.45. The van der Waals surface area contributed by atoms with Crippen LogP contribution in [0.25, 0.3) is 0 Å². The van der Waals surface area contributed by atoms with Crippen molar-refractivity contribution < 1.29 is 4.74 Å². The number of nitrogens with zero attached hydrogens (tertiary/aromatic N) is 1. The van der Waals surface area contributed by atoms with Gasteiger partial charge in [0, 0.05) is 30.3 Å². The number of hydrogen-bond acceptors (Lipinski definition) is 3. The first kappa shape index (κ1) is 13.7. The van der Waals surface area contributed by atoms with E-state index < -0.39 is 0 Å². The minimum atomic E-state index is 0.273. The van der Waals surface area contributed by atoms with Crippen LogP contribution in [-0.4, -0.2) is 30.2 Å². The topological polar surface area (TPSA) is 38.5 Å². The molecule has 1 aliphatic heterocycles. The van der Waals surface area contributed by atoms with Crippen molar-refractivity contribution in [3.05, 3.63) is 28.3 Å². The van der Waals surface area contributed by atoms with Gasteiger partial charge >= 0.3 is 0 Å². The fourth-order valence-corrected chi connectivity index (χ4v) is 2.90. The van der Waals surface area contributed by atoms with Crippen LogP contribution in [0.5, 0.6) is 0 Å². The fourth-order valence-electron chi connectivity index (χ4n) is 2.61. The Hall–Kier alpha value is -0.770. The third-order valence-electron chi connectivity index (χ3n) is 3.33. The summed E-state index contributed by atoms with van der Waals surface area (Å²) in [5, 5.41) is 0.756. The number of benzene rings is 1. The lowest BCUT2D eigenvalue weighted by Gasteiger charge is -2.35. The normalized spacial score (nSPS) is 25.3. The summed E-state index contributed by atoms with van der Waals surface area (Å²) in [7, 11) is 0. The summed E-state index contributed by atoms with van der Waals surface area (Å²) in [5.74, 6) is 0. The molecule has 2 atom stereocenters. The van der Waals surface area contributed by atoms with Gasteiger partial charge in [0.15, 0.2) is 0 Å². The quantitative estimate of drug-likeness (QED) is 0.839. The standard InChI is InChI=1S/C14H21ClN2O/c1-9-4-13(15)5-12(14(9)16)8-17-6-10(2)18-11(3)7-17/h4-5,10-11H,6-8,16H2,1-3H3. The summed E-state index contributed by atoms with van der Waals surface area (Å²) < 4.78 is 5.73. The van der Waals surface area contributed by atoms with E-state index in [0.29, 0.717) is 0 Å². The molecule has 0 radical (unpaired) electrons. The van der Waals surface area contributed by atoms with Gasteiger partial charge in [-0.2, -0.15) is 0 Å². The third-order valence-corrected chi connectivity index (χ3v) is 3.54. The van der Waals surface area contributed by atoms with Crippen molar-refractivity contribution in [3.8, 4) is 0 Å². The second-order valence-corrected chi connectivity index (χ2v) is 5.68. The number of hydrogen-bond donors (Lipinski definition) is 1. The summed E-state index contributed by atoms with van der Waals surface area (Å²) >= 11 is 6.10. The minimum absolute atomic E-state index is 0.273. The number of morpholine rings is 1. The molecule has 2 unspecified atom stereocenters. The lowest BCUT2D eigenvalue weighted by Crippen LogP contribution is -2.44. The molecule has 18 heavy (non-hydrogen) atoms. The van der Waals surface area contributed by atoms with Crippen molar-refractivity contribution in [2.75, 3.05) is 18.8 Å². The Morgan fingerprint density at radius 1 is 1.33 bits per heavy atom. The molecule has 1 aromatic carbocycles. The van der Waals surface area contributed by atoms with Crippen LogP contribution in [0.4, 0.5) is 5.69 Å². The highest BCUT2D eigenvalue weighted by Gasteiger charge is 2.22. The van der Waals surface area contributed by atoms with Gasteiger partial charge in [0.1, 0.15) is 0 Å². The molecule has 2 rings (SSSR count). The largest absolute Gasteiger partial charge is 0.398 e. The number of aryl methyl sites for hydroxylation is 1. The number of anilines is 1. The van der Waals surface area contributed by atoms with E-state index in [9.17, 15) is 0 Å². The average molecular weight is 269 g/mol. The second kappa shape index (κ2) is 5.47. The van der Waals surface area contributed by atoms with E-state index in [1.165, 1.54) is 0 Å². The Kier molecular flexibility index (Phi) is 4.15. The monoisotopic (exact) mass is 268 g/mol.